The van der Waals surface area contributed by atoms with Crippen LogP contribution in [-0.4, -0.2) is 62.8 Å². The molecule has 0 aromatic heterocycles. The van der Waals surface area contributed by atoms with Gasteiger partial charge in [0.25, 0.3) is 0 Å². The molecule has 4 atom stereocenters. The van der Waals surface area contributed by atoms with E-state index in [0.29, 0.717) is 4.90 Å². The lowest BCUT2D eigenvalue weighted by Gasteiger charge is -2.33. The van der Waals surface area contributed by atoms with Gasteiger partial charge in [0.15, 0.2) is 6.10 Å². The fraction of sp³-hybridized carbons (Fsp3) is 0.600. The van der Waals surface area contributed by atoms with E-state index in [-0.39, 0.29) is 0 Å². The first-order valence-electron chi connectivity index (χ1n) is 5.64. The molecule has 2 heterocycles. The van der Waals surface area contributed by atoms with Gasteiger partial charge in [-0.05, 0) is 27.1 Å². The molecule has 1 fully saturated rings. The molecule has 4 N–H and O–H groups in total. The van der Waals surface area contributed by atoms with Gasteiger partial charge in [0.05, 0.1) is 6.61 Å². The van der Waals surface area contributed by atoms with E-state index < -0.39 is 64.2 Å². The second-order valence-corrected chi connectivity index (χ2v) is 5.63. The predicted octanol–water partition coefficient (Wildman–Crippen LogP) is -0.528. The normalized spacial score (nSPS) is 36.2. The molecule has 0 bridgehead atoms. The van der Waals surface area contributed by atoms with Crippen molar-refractivity contribution in [3.8, 4) is 0 Å². The van der Waals surface area contributed by atoms with Crippen LogP contribution >= 0.6 is 21.0 Å². The van der Waals surface area contributed by atoms with E-state index in [1.54, 1.807) is 0 Å². The lowest BCUT2D eigenvalue weighted by Crippen LogP contribution is -2.57. The van der Waals surface area contributed by atoms with Gasteiger partial charge in [-0.1, -0.05) is 4.51 Å². The highest BCUT2D eigenvalue weighted by molar-refractivity contribution is 14.2. The van der Waals surface area contributed by atoms with Crippen molar-refractivity contribution in [3.05, 3.63) is 12.3 Å². The molecule has 20 heavy (non-hydrogen) atoms. The maximum absolute atomic E-state index is 13.9. The highest BCUT2D eigenvalue weighted by Gasteiger charge is 2.61. The largest absolute Gasteiger partial charge is 0.394 e. The molecule has 0 aromatic carbocycles. The highest BCUT2D eigenvalue weighted by atomic mass is 127. The van der Waals surface area contributed by atoms with Crippen molar-refractivity contribution in [3.63, 3.8) is 0 Å². The van der Waals surface area contributed by atoms with Crippen LogP contribution in [0.15, 0.2) is 12.3 Å². The number of carbonyl (C=O) groups excluding carboxylic acids is 1. The molecule has 2 rings (SSSR count). The standard InChI is InChI=1S/C10H14F2IN3O4/c1-13-15-6-2-3-16(9(19)14-6)8-10(11,12)7(18)5(4-17)20-8/h2-3,5-8,15,17-18H,1,4H2,(H,14,19). The number of hydrogen-bond donors (Lipinski definition) is 4. The molecular weight excluding hydrogens is 391 g/mol. The molecule has 2 aliphatic heterocycles. The first-order chi connectivity index (χ1) is 9.41. The summed E-state index contributed by atoms with van der Waals surface area (Å²) in [5, 5.41) is 20.7. The second kappa shape index (κ2) is 5.97. The zero-order valence-corrected chi connectivity index (χ0v) is 12.3. The Balaban J connectivity index is 2.18. The molecule has 1 saturated heterocycles. The molecule has 0 aliphatic carbocycles. The van der Waals surface area contributed by atoms with Crippen molar-refractivity contribution in [1.29, 1.82) is 0 Å². The number of rotatable bonds is 4. The van der Waals surface area contributed by atoms with Gasteiger partial charge >= 0.3 is 12.0 Å². The quantitative estimate of drug-likeness (QED) is 0.373. The number of halogens is 3. The Bertz CT molecular complexity index is 437. The number of urea groups is 1. The van der Waals surface area contributed by atoms with Crippen LogP contribution in [0.3, 0.4) is 0 Å². The Hall–Kier alpha value is -0.690. The van der Waals surface area contributed by atoms with Crippen molar-refractivity contribution in [1.82, 2.24) is 13.7 Å². The molecule has 0 radical (unpaired) electrons. The summed E-state index contributed by atoms with van der Waals surface area (Å²) in [6.45, 7) is -0.761. The lowest BCUT2D eigenvalue weighted by molar-refractivity contribution is -0.145. The summed E-state index contributed by atoms with van der Waals surface area (Å²) in [5.41, 5.74) is 0. The third-order valence-corrected chi connectivity index (χ3v) is 4.07. The average molecular weight is 405 g/mol. The molecule has 0 spiro atoms. The molecule has 10 heteroatoms. The molecule has 114 valence electrons. The van der Waals surface area contributed by atoms with Crippen LogP contribution in [0.1, 0.15) is 0 Å². The van der Waals surface area contributed by atoms with E-state index in [1.807, 2.05) is 0 Å². The fourth-order valence-electron chi connectivity index (χ4n) is 1.95. The van der Waals surface area contributed by atoms with Crippen LogP contribution in [0.25, 0.3) is 0 Å². The number of nitrogens with one attached hydrogen (secondary N) is 2. The number of hydrogen-bond acceptors (Lipinski definition) is 5. The van der Waals surface area contributed by atoms with Crippen LogP contribution in [0.2, 0.25) is 0 Å². The van der Waals surface area contributed by atoms with E-state index in [9.17, 15) is 18.7 Å². The average Bonchev–Trinajstić information content (AvgIpc) is 2.62. The van der Waals surface area contributed by atoms with E-state index in [1.165, 1.54) is 12.3 Å². The number of alkyl halides is 2. The minimum Gasteiger partial charge on any atom is -0.394 e. The number of aliphatic hydroxyl groups excluding tert-OH is 2. The Kier molecular flexibility index (Phi) is 4.69. The number of amides is 2. The first kappa shape index (κ1) is 15.7. The Morgan fingerprint density at radius 2 is 2.35 bits per heavy atom. The van der Waals surface area contributed by atoms with Crippen LogP contribution in [0.5, 0.6) is 0 Å². The molecular formula is C10H14F2IN3O4. The van der Waals surface area contributed by atoms with Crippen LogP contribution < -0.4 is 8.85 Å². The van der Waals surface area contributed by atoms with Gasteiger partial charge < -0.3 is 20.3 Å². The topological polar surface area (TPSA) is 94.1 Å². The molecule has 7 nitrogen and oxygen atoms in total. The van der Waals surface area contributed by atoms with E-state index in [0.717, 1.165) is 0 Å². The van der Waals surface area contributed by atoms with E-state index in [4.69, 9.17) is 9.84 Å². The summed E-state index contributed by atoms with van der Waals surface area (Å²) in [7, 11) is 0. The van der Waals surface area contributed by atoms with Crippen molar-refractivity contribution in [2.75, 3.05) is 6.61 Å². The summed E-state index contributed by atoms with van der Waals surface area (Å²) in [6, 6.07) is -0.780. The van der Waals surface area contributed by atoms with Gasteiger partial charge in [0.1, 0.15) is 12.3 Å². The number of ether oxygens (including phenoxy) is 1. The zero-order valence-electron chi connectivity index (χ0n) is 10.2. The van der Waals surface area contributed by atoms with E-state index in [2.05, 4.69) is 13.4 Å². The summed E-state index contributed by atoms with van der Waals surface area (Å²) in [5.74, 6) is -3.67. The number of aliphatic hydroxyl groups is 2. The third kappa shape index (κ3) is 2.70. The minimum atomic E-state index is -3.67. The molecule has 2 aliphatic rings. The Morgan fingerprint density at radius 3 is 2.85 bits per heavy atom. The maximum Gasteiger partial charge on any atom is 0.325 e. The fourth-order valence-corrected chi connectivity index (χ4v) is 2.79. The summed E-state index contributed by atoms with van der Waals surface area (Å²) < 4.78 is 39.2. The van der Waals surface area contributed by atoms with Gasteiger partial charge in [0, 0.05) is 6.20 Å². The van der Waals surface area contributed by atoms with Gasteiger partial charge in [-0.25, -0.2) is 8.32 Å². The first-order valence-corrected chi connectivity index (χ1v) is 8.24. The van der Waals surface area contributed by atoms with Crippen LogP contribution in [0.4, 0.5) is 13.6 Å². The van der Waals surface area contributed by atoms with Crippen molar-refractivity contribution < 1.29 is 28.5 Å². The zero-order chi connectivity index (χ0) is 14.9. The van der Waals surface area contributed by atoms with Gasteiger partial charge in [0.2, 0.25) is 6.23 Å². The highest BCUT2D eigenvalue weighted by Crippen LogP contribution is 2.38. The monoisotopic (exact) mass is 405 g/mol. The van der Waals surface area contributed by atoms with Crippen LogP contribution in [-0.2, 0) is 4.74 Å². The van der Waals surface area contributed by atoms with Crippen molar-refractivity contribution >= 4 is 31.6 Å². The van der Waals surface area contributed by atoms with Crippen molar-refractivity contribution in [2.45, 2.75) is 30.5 Å². The second-order valence-electron chi connectivity index (χ2n) is 4.25. The van der Waals surface area contributed by atoms with Gasteiger partial charge in [-0.2, -0.15) is 8.78 Å². The number of nitrogens with zero attached hydrogens (tertiary/aromatic N) is 1. The number of carbonyl (C=O) groups is 1. The molecule has 2 amide bonds. The Morgan fingerprint density at radius 1 is 1.65 bits per heavy atom. The van der Waals surface area contributed by atoms with Crippen molar-refractivity contribution in [2.24, 2.45) is 0 Å². The lowest BCUT2D eigenvalue weighted by atomic mass is 10.1. The summed E-state index contributed by atoms with van der Waals surface area (Å²) in [4.78, 5) is 12.5. The maximum atomic E-state index is 13.9. The summed E-state index contributed by atoms with van der Waals surface area (Å²) in [6.07, 6.45) is -3.37. The van der Waals surface area contributed by atoms with Crippen LogP contribution in [0, 0.1) is 0 Å². The van der Waals surface area contributed by atoms with E-state index >= 15 is 0 Å². The SMILES string of the molecule is C=INC1C=CN(C2OC(CO)C(O)C2(F)F)C(=O)N1. The minimum absolute atomic E-state index is 0.461. The predicted molar refractivity (Wildman–Crippen MR) is 74.3 cm³/mol. The molecule has 0 saturated carbocycles. The smallest absolute Gasteiger partial charge is 0.325 e. The third-order valence-electron chi connectivity index (χ3n) is 2.96. The van der Waals surface area contributed by atoms with Gasteiger partial charge in [-0.3, -0.25) is 4.90 Å². The Labute approximate surface area is 123 Å². The molecule has 0 aromatic rings. The molecule has 4 unspecified atom stereocenters. The van der Waals surface area contributed by atoms with Gasteiger partial charge in [-0.15, -0.1) is 0 Å². The summed E-state index contributed by atoms with van der Waals surface area (Å²) >= 11 is -0.537.